The molecule has 0 bridgehead atoms. The van der Waals surface area contributed by atoms with E-state index in [0.29, 0.717) is 16.5 Å². The number of hydrogen-bond acceptors (Lipinski definition) is 4. The molecule has 4 N–H and O–H groups in total. The Hall–Kier alpha value is -1.79. The number of amides is 2. The van der Waals surface area contributed by atoms with Crippen LogP contribution in [0.5, 0.6) is 5.75 Å². The number of halogens is 1. The van der Waals surface area contributed by atoms with Crippen molar-refractivity contribution in [1.29, 1.82) is 0 Å². The van der Waals surface area contributed by atoms with Crippen LogP contribution < -0.4 is 21.3 Å². The summed E-state index contributed by atoms with van der Waals surface area (Å²) in [5.74, 6) is 3.46. The lowest BCUT2D eigenvalue weighted by Gasteiger charge is -2.07. The van der Waals surface area contributed by atoms with E-state index in [2.05, 4.69) is 5.32 Å². The topological polar surface area (TPSA) is 93.4 Å². The molecule has 0 heterocycles. The van der Waals surface area contributed by atoms with Gasteiger partial charge in [-0.25, -0.2) is 5.84 Å². The van der Waals surface area contributed by atoms with Crippen molar-refractivity contribution in [1.82, 2.24) is 5.43 Å². The first-order valence-electron chi connectivity index (χ1n) is 4.24. The van der Waals surface area contributed by atoms with Crippen LogP contribution in [0.2, 0.25) is 5.02 Å². The first-order valence-corrected chi connectivity index (χ1v) is 4.61. The van der Waals surface area contributed by atoms with Crippen LogP contribution in [0.1, 0.15) is 0 Å². The Morgan fingerprint density at radius 2 is 2.06 bits per heavy atom. The molecule has 1 rings (SSSR count). The van der Waals surface area contributed by atoms with Crippen molar-refractivity contribution < 1.29 is 14.3 Å². The Labute approximate surface area is 96.7 Å². The van der Waals surface area contributed by atoms with Crippen LogP contribution in [-0.4, -0.2) is 18.9 Å². The molecule has 0 aliphatic rings. The Kier molecular flexibility index (Phi) is 4.10. The lowest BCUT2D eigenvalue weighted by atomic mass is 10.3. The SMILES string of the molecule is COc1ccc(NC(=O)C(=O)NN)cc1Cl. The summed E-state index contributed by atoms with van der Waals surface area (Å²) in [6.45, 7) is 0. The fourth-order valence-corrected chi connectivity index (χ4v) is 1.26. The molecule has 0 aromatic heterocycles. The number of carbonyl (C=O) groups is 2. The summed E-state index contributed by atoms with van der Waals surface area (Å²) in [6.07, 6.45) is 0. The largest absolute Gasteiger partial charge is 0.495 e. The molecule has 16 heavy (non-hydrogen) atoms. The molecule has 0 aliphatic carbocycles. The molecule has 0 aliphatic heterocycles. The van der Waals surface area contributed by atoms with Crippen molar-refractivity contribution in [3.8, 4) is 5.75 Å². The Bertz CT molecular complexity index is 422. The fraction of sp³-hybridized carbons (Fsp3) is 0.111. The quantitative estimate of drug-likeness (QED) is 0.301. The zero-order valence-corrected chi connectivity index (χ0v) is 9.17. The number of benzene rings is 1. The average Bonchev–Trinajstić information content (AvgIpc) is 2.28. The maximum absolute atomic E-state index is 11.1. The fourth-order valence-electron chi connectivity index (χ4n) is 0.998. The first kappa shape index (κ1) is 12.3. The second-order valence-corrected chi connectivity index (χ2v) is 3.18. The van der Waals surface area contributed by atoms with E-state index in [1.54, 1.807) is 17.6 Å². The molecule has 86 valence electrons. The molecule has 0 saturated carbocycles. The van der Waals surface area contributed by atoms with Crippen LogP contribution in [0.4, 0.5) is 5.69 Å². The molecule has 0 saturated heterocycles. The summed E-state index contributed by atoms with van der Waals surface area (Å²) >= 11 is 5.82. The normalized spacial score (nSPS) is 9.44. The van der Waals surface area contributed by atoms with Crippen molar-refractivity contribution in [2.75, 3.05) is 12.4 Å². The summed E-state index contributed by atoms with van der Waals surface area (Å²) in [5.41, 5.74) is 2.09. The van der Waals surface area contributed by atoms with Gasteiger partial charge < -0.3 is 10.1 Å². The molecular formula is C9H10ClN3O3. The van der Waals surface area contributed by atoms with Crippen LogP contribution in [0.15, 0.2) is 18.2 Å². The van der Waals surface area contributed by atoms with Crippen LogP contribution in [0, 0.1) is 0 Å². The second kappa shape index (κ2) is 5.34. The summed E-state index contributed by atoms with van der Waals surface area (Å²) in [6, 6.07) is 4.58. The minimum Gasteiger partial charge on any atom is -0.495 e. The number of methoxy groups -OCH3 is 1. The van der Waals surface area contributed by atoms with Gasteiger partial charge in [-0.2, -0.15) is 0 Å². The van der Waals surface area contributed by atoms with Crippen molar-refractivity contribution in [2.45, 2.75) is 0 Å². The van der Waals surface area contributed by atoms with E-state index in [1.807, 2.05) is 0 Å². The van der Waals surface area contributed by atoms with Gasteiger partial charge in [-0.05, 0) is 18.2 Å². The highest BCUT2D eigenvalue weighted by Gasteiger charge is 2.12. The number of anilines is 1. The van der Waals surface area contributed by atoms with Crippen LogP contribution in [0.25, 0.3) is 0 Å². The number of rotatable bonds is 2. The summed E-state index contributed by atoms with van der Waals surface area (Å²) in [5, 5.41) is 2.64. The molecule has 2 amide bonds. The van der Waals surface area contributed by atoms with E-state index >= 15 is 0 Å². The molecule has 0 radical (unpaired) electrons. The maximum Gasteiger partial charge on any atom is 0.323 e. The Balaban J connectivity index is 2.79. The van der Waals surface area contributed by atoms with Gasteiger partial charge in [0.1, 0.15) is 5.75 Å². The molecule has 1 aromatic rings. The van der Waals surface area contributed by atoms with Gasteiger partial charge >= 0.3 is 11.8 Å². The number of nitrogens with one attached hydrogen (secondary N) is 2. The molecule has 0 atom stereocenters. The third-order valence-corrected chi connectivity index (χ3v) is 2.04. The molecule has 0 fully saturated rings. The van der Waals surface area contributed by atoms with Crippen molar-refractivity contribution in [2.24, 2.45) is 5.84 Å². The summed E-state index contributed by atoms with van der Waals surface area (Å²) in [7, 11) is 1.47. The number of ether oxygens (including phenoxy) is 1. The van der Waals surface area contributed by atoms with E-state index in [0.717, 1.165) is 0 Å². The van der Waals surface area contributed by atoms with Crippen molar-refractivity contribution in [3.63, 3.8) is 0 Å². The van der Waals surface area contributed by atoms with Gasteiger partial charge in [0.05, 0.1) is 12.1 Å². The monoisotopic (exact) mass is 243 g/mol. The number of hydrazine groups is 1. The molecule has 0 spiro atoms. The van der Waals surface area contributed by atoms with Crippen molar-refractivity contribution >= 4 is 29.1 Å². The van der Waals surface area contributed by atoms with E-state index in [4.69, 9.17) is 22.2 Å². The number of nitrogens with two attached hydrogens (primary N) is 1. The van der Waals surface area contributed by atoms with Crippen molar-refractivity contribution in [3.05, 3.63) is 23.2 Å². The van der Waals surface area contributed by atoms with Crippen LogP contribution in [-0.2, 0) is 9.59 Å². The van der Waals surface area contributed by atoms with Gasteiger partial charge in [-0.15, -0.1) is 0 Å². The standard InChI is InChI=1S/C9H10ClN3O3/c1-16-7-3-2-5(4-6(7)10)12-8(14)9(15)13-11/h2-4H,11H2,1H3,(H,12,14)(H,13,15). The van der Waals surface area contributed by atoms with Gasteiger partial charge in [0.15, 0.2) is 0 Å². The van der Waals surface area contributed by atoms with Gasteiger partial charge in [-0.1, -0.05) is 11.6 Å². The third-order valence-electron chi connectivity index (χ3n) is 1.75. The number of hydrogen-bond donors (Lipinski definition) is 3. The molecular weight excluding hydrogens is 234 g/mol. The smallest absolute Gasteiger partial charge is 0.323 e. The Morgan fingerprint density at radius 1 is 1.38 bits per heavy atom. The second-order valence-electron chi connectivity index (χ2n) is 2.78. The zero-order valence-electron chi connectivity index (χ0n) is 8.41. The van der Waals surface area contributed by atoms with Gasteiger partial charge in [0.25, 0.3) is 0 Å². The summed E-state index contributed by atoms with van der Waals surface area (Å²) in [4.78, 5) is 22.0. The average molecular weight is 244 g/mol. The minimum atomic E-state index is -0.938. The summed E-state index contributed by atoms with van der Waals surface area (Å²) < 4.78 is 4.93. The lowest BCUT2D eigenvalue weighted by molar-refractivity contribution is -0.136. The van der Waals surface area contributed by atoms with Gasteiger partial charge in [-0.3, -0.25) is 15.0 Å². The molecule has 1 aromatic carbocycles. The van der Waals surface area contributed by atoms with E-state index in [-0.39, 0.29) is 0 Å². The predicted octanol–water partition coefficient (Wildman–Crippen LogP) is 0.277. The molecule has 0 unspecified atom stereocenters. The maximum atomic E-state index is 11.1. The predicted molar refractivity (Wildman–Crippen MR) is 59.0 cm³/mol. The van der Waals surface area contributed by atoms with E-state index in [1.165, 1.54) is 13.2 Å². The number of carbonyl (C=O) groups excluding carboxylic acids is 2. The third kappa shape index (κ3) is 2.85. The van der Waals surface area contributed by atoms with Gasteiger partial charge in [0, 0.05) is 5.69 Å². The molecule has 6 nitrogen and oxygen atoms in total. The van der Waals surface area contributed by atoms with Crippen LogP contribution in [0.3, 0.4) is 0 Å². The Morgan fingerprint density at radius 3 is 2.56 bits per heavy atom. The molecule has 7 heteroatoms. The first-order chi connectivity index (χ1) is 7.58. The highest BCUT2D eigenvalue weighted by molar-refractivity contribution is 6.39. The van der Waals surface area contributed by atoms with Crippen LogP contribution >= 0.6 is 11.6 Å². The highest BCUT2D eigenvalue weighted by Crippen LogP contribution is 2.26. The van der Waals surface area contributed by atoms with E-state index < -0.39 is 11.8 Å². The lowest BCUT2D eigenvalue weighted by Crippen LogP contribution is -2.39. The zero-order chi connectivity index (χ0) is 12.1. The highest BCUT2D eigenvalue weighted by atomic mass is 35.5. The van der Waals surface area contributed by atoms with E-state index in [9.17, 15) is 9.59 Å². The van der Waals surface area contributed by atoms with Gasteiger partial charge in [0.2, 0.25) is 0 Å². The minimum absolute atomic E-state index is 0.327.